The molecule has 0 bridgehead atoms. The van der Waals surface area contributed by atoms with Gasteiger partial charge in [0.15, 0.2) is 0 Å². The lowest BCUT2D eigenvalue weighted by Crippen LogP contribution is -1.96. The van der Waals surface area contributed by atoms with Gasteiger partial charge in [-0.15, -0.1) is 0 Å². The number of aromatic hydroxyl groups is 1. The van der Waals surface area contributed by atoms with Crippen LogP contribution < -0.4 is 4.74 Å². The number of hydrogen-bond acceptors (Lipinski definition) is 2. The molecule has 0 fully saturated rings. The summed E-state index contributed by atoms with van der Waals surface area (Å²) in [6, 6.07) is 22.3. The highest BCUT2D eigenvalue weighted by Gasteiger charge is 2.08. The van der Waals surface area contributed by atoms with Gasteiger partial charge in [0.05, 0.1) is 0 Å². The minimum Gasteiger partial charge on any atom is -0.507 e. The first kappa shape index (κ1) is 19.0. The van der Waals surface area contributed by atoms with Crippen molar-refractivity contribution in [2.45, 2.75) is 46.1 Å². The van der Waals surface area contributed by atoms with E-state index >= 15 is 0 Å². The van der Waals surface area contributed by atoms with Crippen molar-refractivity contribution in [3.63, 3.8) is 0 Å². The monoisotopic (exact) mass is 360 g/mol. The third-order valence-electron chi connectivity index (χ3n) is 4.90. The molecule has 3 aromatic rings. The van der Waals surface area contributed by atoms with E-state index in [0.29, 0.717) is 24.2 Å². The fourth-order valence-corrected chi connectivity index (χ4v) is 3.04. The molecule has 0 radical (unpaired) electrons. The van der Waals surface area contributed by atoms with E-state index in [1.54, 1.807) is 6.07 Å². The summed E-state index contributed by atoms with van der Waals surface area (Å²) in [5.74, 6) is 2.15. The molecule has 1 N–H and O–H groups in total. The van der Waals surface area contributed by atoms with Crippen molar-refractivity contribution >= 4 is 0 Å². The second kappa shape index (κ2) is 8.30. The third-order valence-corrected chi connectivity index (χ3v) is 4.90. The highest BCUT2D eigenvalue weighted by atomic mass is 16.5. The topological polar surface area (TPSA) is 29.5 Å². The molecule has 0 aliphatic carbocycles. The predicted molar refractivity (Wildman–Crippen MR) is 112 cm³/mol. The van der Waals surface area contributed by atoms with Crippen LogP contribution in [0.15, 0.2) is 66.7 Å². The van der Waals surface area contributed by atoms with Gasteiger partial charge in [0.1, 0.15) is 18.1 Å². The zero-order valence-electron chi connectivity index (χ0n) is 16.6. The number of rotatable bonds is 6. The van der Waals surface area contributed by atoms with Crippen LogP contribution in [-0.2, 0) is 6.61 Å². The molecular weight excluding hydrogens is 332 g/mol. The molecule has 0 heterocycles. The van der Waals surface area contributed by atoms with Gasteiger partial charge < -0.3 is 9.84 Å². The number of phenols is 1. The standard InChI is InChI=1S/C25H28O2/c1-17(2)20-9-12-23(13-10-20)27-16-19-5-7-21(8-6-19)24-15-22(18(3)4)11-14-25(24)26/h5-15,17-18,26H,16H2,1-4H3. The summed E-state index contributed by atoms with van der Waals surface area (Å²) in [5, 5.41) is 10.2. The van der Waals surface area contributed by atoms with Crippen molar-refractivity contribution in [2.24, 2.45) is 0 Å². The predicted octanol–water partition coefficient (Wildman–Crippen LogP) is 6.89. The Morgan fingerprint density at radius 3 is 1.93 bits per heavy atom. The van der Waals surface area contributed by atoms with Crippen LogP contribution in [0.25, 0.3) is 11.1 Å². The van der Waals surface area contributed by atoms with Gasteiger partial charge in [0.2, 0.25) is 0 Å². The summed E-state index contributed by atoms with van der Waals surface area (Å²) >= 11 is 0. The van der Waals surface area contributed by atoms with Crippen molar-refractivity contribution in [3.05, 3.63) is 83.4 Å². The molecular formula is C25H28O2. The maximum absolute atomic E-state index is 10.2. The SMILES string of the molecule is CC(C)c1ccc(OCc2ccc(-c3cc(C(C)C)ccc3O)cc2)cc1. The largest absolute Gasteiger partial charge is 0.507 e. The van der Waals surface area contributed by atoms with Gasteiger partial charge in [0.25, 0.3) is 0 Å². The molecule has 0 saturated heterocycles. The molecule has 140 valence electrons. The van der Waals surface area contributed by atoms with Crippen LogP contribution in [0.3, 0.4) is 0 Å². The van der Waals surface area contributed by atoms with E-state index in [1.807, 2.05) is 30.3 Å². The van der Waals surface area contributed by atoms with E-state index < -0.39 is 0 Å². The summed E-state index contributed by atoms with van der Waals surface area (Å²) in [6.45, 7) is 9.21. The fraction of sp³-hybridized carbons (Fsp3) is 0.280. The Bertz CT molecular complexity index is 875. The summed E-state index contributed by atoms with van der Waals surface area (Å²) in [4.78, 5) is 0. The van der Waals surface area contributed by atoms with E-state index in [9.17, 15) is 5.11 Å². The molecule has 0 unspecified atom stereocenters. The van der Waals surface area contributed by atoms with Crippen molar-refractivity contribution in [3.8, 4) is 22.6 Å². The van der Waals surface area contributed by atoms with Crippen LogP contribution in [0.2, 0.25) is 0 Å². The highest BCUT2D eigenvalue weighted by molar-refractivity contribution is 5.71. The molecule has 3 aromatic carbocycles. The molecule has 0 aromatic heterocycles. The molecule has 3 rings (SSSR count). The van der Waals surface area contributed by atoms with Gasteiger partial charge in [-0.3, -0.25) is 0 Å². The Morgan fingerprint density at radius 1 is 0.741 bits per heavy atom. The number of ether oxygens (including phenoxy) is 1. The quantitative estimate of drug-likeness (QED) is 0.519. The van der Waals surface area contributed by atoms with E-state index in [0.717, 1.165) is 22.4 Å². The van der Waals surface area contributed by atoms with Crippen LogP contribution in [0.4, 0.5) is 0 Å². The summed E-state index contributed by atoms with van der Waals surface area (Å²) < 4.78 is 5.90. The zero-order valence-corrected chi connectivity index (χ0v) is 16.6. The Hall–Kier alpha value is -2.74. The molecule has 0 aliphatic rings. The van der Waals surface area contributed by atoms with E-state index in [1.165, 1.54) is 11.1 Å². The second-order valence-electron chi connectivity index (χ2n) is 7.64. The summed E-state index contributed by atoms with van der Waals surface area (Å²) in [6.07, 6.45) is 0. The van der Waals surface area contributed by atoms with Gasteiger partial charge in [0, 0.05) is 5.56 Å². The van der Waals surface area contributed by atoms with Crippen LogP contribution in [0, 0.1) is 0 Å². The van der Waals surface area contributed by atoms with Gasteiger partial charge >= 0.3 is 0 Å². The molecule has 0 aliphatic heterocycles. The first-order chi connectivity index (χ1) is 12.9. The van der Waals surface area contributed by atoms with Crippen molar-refractivity contribution in [1.29, 1.82) is 0 Å². The normalized spacial score (nSPS) is 11.2. The van der Waals surface area contributed by atoms with Crippen molar-refractivity contribution < 1.29 is 9.84 Å². The maximum atomic E-state index is 10.2. The molecule has 0 saturated carbocycles. The highest BCUT2D eigenvalue weighted by Crippen LogP contribution is 2.32. The summed E-state index contributed by atoms with van der Waals surface area (Å²) in [7, 11) is 0. The number of phenolic OH excluding ortho intramolecular Hbond substituents is 1. The van der Waals surface area contributed by atoms with E-state index in [4.69, 9.17) is 4.74 Å². The minimum absolute atomic E-state index is 0.314. The Kier molecular flexibility index (Phi) is 5.85. The molecule has 27 heavy (non-hydrogen) atoms. The van der Waals surface area contributed by atoms with Crippen LogP contribution >= 0.6 is 0 Å². The fourth-order valence-electron chi connectivity index (χ4n) is 3.04. The zero-order chi connectivity index (χ0) is 19.4. The van der Waals surface area contributed by atoms with E-state index in [2.05, 4.69) is 58.0 Å². The average Bonchev–Trinajstić information content (AvgIpc) is 2.67. The van der Waals surface area contributed by atoms with Crippen LogP contribution in [-0.4, -0.2) is 5.11 Å². The Labute approximate surface area is 162 Å². The minimum atomic E-state index is 0.314. The van der Waals surface area contributed by atoms with E-state index in [-0.39, 0.29) is 0 Å². The van der Waals surface area contributed by atoms with Crippen LogP contribution in [0.1, 0.15) is 56.2 Å². The smallest absolute Gasteiger partial charge is 0.123 e. The van der Waals surface area contributed by atoms with Crippen LogP contribution in [0.5, 0.6) is 11.5 Å². The van der Waals surface area contributed by atoms with Gasteiger partial charge in [-0.05, 0) is 58.4 Å². The first-order valence-corrected chi connectivity index (χ1v) is 9.59. The Balaban J connectivity index is 1.69. The summed E-state index contributed by atoms with van der Waals surface area (Å²) in [5.41, 5.74) is 5.53. The third kappa shape index (κ3) is 4.71. The average molecular weight is 360 g/mol. The lowest BCUT2D eigenvalue weighted by Gasteiger charge is -2.12. The van der Waals surface area contributed by atoms with Crippen molar-refractivity contribution in [1.82, 2.24) is 0 Å². The second-order valence-corrected chi connectivity index (χ2v) is 7.64. The molecule has 0 spiro atoms. The van der Waals surface area contributed by atoms with Gasteiger partial charge in [-0.1, -0.05) is 70.2 Å². The molecule has 0 amide bonds. The van der Waals surface area contributed by atoms with Gasteiger partial charge in [-0.2, -0.15) is 0 Å². The number of hydrogen-bond donors (Lipinski definition) is 1. The lowest BCUT2D eigenvalue weighted by atomic mass is 9.96. The van der Waals surface area contributed by atoms with Gasteiger partial charge in [-0.25, -0.2) is 0 Å². The Morgan fingerprint density at radius 2 is 1.33 bits per heavy atom. The molecule has 2 nitrogen and oxygen atoms in total. The number of benzene rings is 3. The lowest BCUT2D eigenvalue weighted by molar-refractivity contribution is 0.306. The molecule has 0 atom stereocenters. The maximum Gasteiger partial charge on any atom is 0.123 e. The first-order valence-electron chi connectivity index (χ1n) is 9.59. The molecule has 2 heteroatoms. The van der Waals surface area contributed by atoms with Crippen molar-refractivity contribution in [2.75, 3.05) is 0 Å².